The summed E-state index contributed by atoms with van der Waals surface area (Å²) < 4.78 is 33.5. The molecule has 0 saturated heterocycles. The summed E-state index contributed by atoms with van der Waals surface area (Å²) in [6, 6.07) is 12.5. The normalized spacial score (nSPS) is 16.6. The molecule has 0 spiro atoms. The first-order valence-electron chi connectivity index (χ1n) is 8.26. The number of ether oxygens (including phenoxy) is 1. The van der Waals surface area contributed by atoms with E-state index in [1.165, 1.54) is 18.2 Å². The SMILES string of the molecule is CC(NS(=O)(=O)c1ccc2c(c1)C(=O)NCCO2)C(N)c1ccccc1. The number of carbonyl (C=O) groups is 1. The quantitative estimate of drug-likeness (QED) is 0.727. The molecule has 0 saturated carbocycles. The largest absolute Gasteiger partial charge is 0.491 e. The molecule has 138 valence electrons. The second kappa shape index (κ2) is 7.45. The lowest BCUT2D eigenvalue weighted by Crippen LogP contribution is -2.40. The second-order valence-electron chi connectivity index (χ2n) is 6.11. The van der Waals surface area contributed by atoms with Gasteiger partial charge in [-0.2, -0.15) is 0 Å². The molecule has 1 aliphatic rings. The van der Waals surface area contributed by atoms with Crippen molar-refractivity contribution in [1.29, 1.82) is 0 Å². The second-order valence-corrected chi connectivity index (χ2v) is 7.82. The minimum atomic E-state index is -3.85. The van der Waals surface area contributed by atoms with Crippen LogP contribution < -0.4 is 20.5 Å². The van der Waals surface area contributed by atoms with E-state index in [-0.39, 0.29) is 16.4 Å². The van der Waals surface area contributed by atoms with Gasteiger partial charge >= 0.3 is 0 Å². The van der Waals surface area contributed by atoms with Crippen molar-refractivity contribution < 1.29 is 17.9 Å². The lowest BCUT2D eigenvalue weighted by Gasteiger charge is -2.21. The van der Waals surface area contributed by atoms with Gasteiger partial charge in [-0.05, 0) is 30.7 Å². The third kappa shape index (κ3) is 3.87. The summed E-state index contributed by atoms with van der Waals surface area (Å²) in [6.45, 7) is 2.41. The molecule has 2 aromatic carbocycles. The van der Waals surface area contributed by atoms with Crippen molar-refractivity contribution in [2.45, 2.75) is 23.9 Å². The minimum Gasteiger partial charge on any atom is -0.491 e. The Labute approximate surface area is 152 Å². The smallest absolute Gasteiger partial charge is 0.255 e. The first kappa shape index (κ1) is 18.4. The number of benzene rings is 2. The lowest BCUT2D eigenvalue weighted by atomic mass is 10.0. The van der Waals surface area contributed by atoms with Gasteiger partial charge in [-0.1, -0.05) is 30.3 Å². The molecular formula is C18H21N3O4S. The Hall–Kier alpha value is -2.42. The summed E-state index contributed by atoms with van der Waals surface area (Å²) in [5.74, 6) is 0.0107. The lowest BCUT2D eigenvalue weighted by molar-refractivity contribution is 0.0957. The van der Waals surface area contributed by atoms with Gasteiger partial charge in [0.2, 0.25) is 10.0 Å². The molecular weight excluding hydrogens is 354 g/mol. The number of nitrogens with two attached hydrogens (primary N) is 1. The van der Waals surface area contributed by atoms with Crippen LogP contribution in [0.2, 0.25) is 0 Å². The van der Waals surface area contributed by atoms with E-state index in [1.807, 2.05) is 30.3 Å². The monoisotopic (exact) mass is 375 g/mol. The van der Waals surface area contributed by atoms with Crippen LogP contribution in [0.15, 0.2) is 53.4 Å². The number of amides is 1. The Morgan fingerprint density at radius 1 is 1.19 bits per heavy atom. The maximum atomic E-state index is 12.7. The number of hydrogen-bond acceptors (Lipinski definition) is 5. The van der Waals surface area contributed by atoms with Crippen molar-refractivity contribution >= 4 is 15.9 Å². The van der Waals surface area contributed by atoms with E-state index in [0.29, 0.717) is 18.9 Å². The third-order valence-corrected chi connectivity index (χ3v) is 5.77. The molecule has 2 aromatic rings. The van der Waals surface area contributed by atoms with Crippen molar-refractivity contribution in [2.75, 3.05) is 13.2 Å². The topological polar surface area (TPSA) is 111 Å². The number of rotatable bonds is 5. The van der Waals surface area contributed by atoms with Gasteiger partial charge in [0, 0.05) is 12.1 Å². The van der Waals surface area contributed by atoms with E-state index in [1.54, 1.807) is 6.92 Å². The van der Waals surface area contributed by atoms with Crippen LogP contribution in [-0.2, 0) is 10.0 Å². The van der Waals surface area contributed by atoms with Crippen molar-refractivity contribution in [2.24, 2.45) is 5.73 Å². The van der Waals surface area contributed by atoms with E-state index in [4.69, 9.17) is 10.5 Å². The van der Waals surface area contributed by atoms with Gasteiger partial charge in [-0.25, -0.2) is 13.1 Å². The van der Waals surface area contributed by atoms with E-state index in [9.17, 15) is 13.2 Å². The highest BCUT2D eigenvalue weighted by molar-refractivity contribution is 7.89. The molecule has 0 fully saturated rings. The number of fused-ring (bicyclic) bond motifs is 1. The standard InChI is InChI=1S/C18H21N3O4S/c1-12(17(19)13-5-3-2-4-6-13)21-26(23,24)14-7-8-16-15(11-14)18(22)20-9-10-25-16/h2-8,11-12,17,21H,9-10,19H2,1H3,(H,20,22). The predicted molar refractivity (Wildman–Crippen MR) is 97.4 cm³/mol. The average molecular weight is 375 g/mol. The highest BCUT2D eigenvalue weighted by atomic mass is 32.2. The Morgan fingerprint density at radius 2 is 1.92 bits per heavy atom. The highest BCUT2D eigenvalue weighted by Crippen LogP contribution is 2.24. The summed E-state index contributed by atoms with van der Waals surface area (Å²) in [5.41, 5.74) is 7.20. The van der Waals surface area contributed by atoms with Crippen molar-refractivity contribution in [3.05, 3.63) is 59.7 Å². The van der Waals surface area contributed by atoms with Gasteiger partial charge in [0.25, 0.3) is 5.91 Å². The highest BCUT2D eigenvalue weighted by Gasteiger charge is 2.25. The fourth-order valence-corrected chi connectivity index (χ4v) is 4.04. The Kier molecular flexibility index (Phi) is 5.26. The fourth-order valence-electron chi connectivity index (χ4n) is 2.75. The molecule has 0 aliphatic carbocycles. The number of carbonyl (C=O) groups excluding carboxylic acids is 1. The zero-order chi connectivity index (χ0) is 18.7. The van der Waals surface area contributed by atoms with E-state index in [2.05, 4.69) is 10.0 Å². The zero-order valence-corrected chi connectivity index (χ0v) is 15.1. The van der Waals surface area contributed by atoms with Crippen LogP contribution in [0.5, 0.6) is 5.75 Å². The Morgan fingerprint density at radius 3 is 2.65 bits per heavy atom. The van der Waals surface area contributed by atoms with E-state index >= 15 is 0 Å². The van der Waals surface area contributed by atoms with Gasteiger partial charge in [-0.15, -0.1) is 0 Å². The van der Waals surface area contributed by atoms with Gasteiger partial charge < -0.3 is 15.8 Å². The molecule has 0 radical (unpaired) electrons. The molecule has 4 N–H and O–H groups in total. The van der Waals surface area contributed by atoms with Crippen LogP contribution >= 0.6 is 0 Å². The van der Waals surface area contributed by atoms with Crippen LogP contribution in [0, 0.1) is 0 Å². The van der Waals surface area contributed by atoms with Crippen molar-refractivity contribution in [3.8, 4) is 5.75 Å². The average Bonchev–Trinajstić information content (AvgIpc) is 2.82. The van der Waals surface area contributed by atoms with Crippen LogP contribution in [0.4, 0.5) is 0 Å². The molecule has 2 unspecified atom stereocenters. The van der Waals surface area contributed by atoms with Crippen LogP contribution in [0.3, 0.4) is 0 Å². The molecule has 2 atom stereocenters. The predicted octanol–water partition coefficient (Wildman–Crippen LogP) is 1.18. The van der Waals surface area contributed by atoms with Crippen LogP contribution in [0.1, 0.15) is 28.9 Å². The molecule has 7 nitrogen and oxygen atoms in total. The summed E-state index contributed by atoms with van der Waals surface area (Å²) in [6.07, 6.45) is 0. The summed E-state index contributed by atoms with van der Waals surface area (Å²) in [5, 5.41) is 2.66. The molecule has 1 heterocycles. The van der Waals surface area contributed by atoms with Crippen LogP contribution in [0.25, 0.3) is 0 Å². The first-order valence-corrected chi connectivity index (χ1v) is 9.75. The van der Waals surface area contributed by atoms with Crippen molar-refractivity contribution in [1.82, 2.24) is 10.0 Å². The fraction of sp³-hybridized carbons (Fsp3) is 0.278. The van der Waals surface area contributed by atoms with E-state index < -0.39 is 22.1 Å². The van der Waals surface area contributed by atoms with Gasteiger partial charge in [0.1, 0.15) is 12.4 Å². The molecule has 1 amide bonds. The molecule has 0 aromatic heterocycles. The van der Waals surface area contributed by atoms with Crippen molar-refractivity contribution in [3.63, 3.8) is 0 Å². The Balaban J connectivity index is 1.83. The van der Waals surface area contributed by atoms with Gasteiger partial charge in [0.05, 0.1) is 17.0 Å². The maximum Gasteiger partial charge on any atom is 0.255 e. The summed E-state index contributed by atoms with van der Waals surface area (Å²) in [4.78, 5) is 12.1. The van der Waals surface area contributed by atoms with Gasteiger partial charge in [-0.3, -0.25) is 4.79 Å². The summed E-state index contributed by atoms with van der Waals surface area (Å²) >= 11 is 0. The maximum absolute atomic E-state index is 12.7. The van der Waals surface area contributed by atoms with E-state index in [0.717, 1.165) is 5.56 Å². The number of nitrogens with one attached hydrogen (secondary N) is 2. The number of hydrogen-bond donors (Lipinski definition) is 3. The van der Waals surface area contributed by atoms with Gasteiger partial charge in [0.15, 0.2) is 0 Å². The van der Waals surface area contributed by atoms with Crippen LogP contribution in [-0.4, -0.2) is 33.5 Å². The minimum absolute atomic E-state index is 0.0102. The number of sulfonamides is 1. The summed E-state index contributed by atoms with van der Waals surface area (Å²) in [7, 11) is -3.85. The first-order chi connectivity index (χ1) is 12.4. The molecule has 8 heteroatoms. The molecule has 1 aliphatic heterocycles. The zero-order valence-electron chi connectivity index (χ0n) is 14.3. The Bertz CT molecular complexity index is 900. The molecule has 26 heavy (non-hydrogen) atoms. The third-order valence-electron chi connectivity index (χ3n) is 4.22. The molecule has 3 rings (SSSR count). The molecule has 0 bridgehead atoms.